The van der Waals surface area contributed by atoms with Crippen LogP contribution in [0.15, 0.2) is 54.6 Å². The Kier molecular flexibility index (Phi) is 5.69. The summed E-state index contributed by atoms with van der Waals surface area (Å²) in [6.07, 6.45) is 1.42. The van der Waals surface area contributed by atoms with E-state index in [9.17, 15) is 13.6 Å². The molecule has 28 heavy (non-hydrogen) atoms. The zero-order valence-corrected chi connectivity index (χ0v) is 15.5. The number of carbonyl (C=O) groups is 1. The molecule has 0 saturated carbocycles. The highest BCUT2D eigenvalue weighted by Crippen LogP contribution is 2.35. The Labute approximate surface area is 163 Å². The maximum absolute atomic E-state index is 13.0. The molecule has 2 heterocycles. The number of fused-ring (bicyclic) bond motifs is 2. The van der Waals surface area contributed by atoms with Gasteiger partial charge >= 0.3 is 6.61 Å². The topological polar surface area (TPSA) is 38.8 Å². The predicted molar refractivity (Wildman–Crippen MR) is 101 cm³/mol. The summed E-state index contributed by atoms with van der Waals surface area (Å²) in [7, 11) is 0. The molecular formula is C22H23F2NO3. The van der Waals surface area contributed by atoms with Gasteiger partial charge in [0, 0.05) is 30.1 Å². The largest absolute Gasteiger partial charge is 0.435 e. The van der Waals surface area contributed by atoms with E-state index in [0.717, 1.165) is 6.54 Å². The van der Waals surface area contributed by atoms with Crippen LogP contribution in [0.1, 0.15) is 28.8 Å². The molecule has 2 atom stereocenters. The summed E-state index contributed by atoms with van der Waals surface area (Å²) in [6.45, 7) is -0.829. The van der Waals surface area contributed by atoms with E-state index in [1.54, 1.807) is 12.1 Å². The molecule has 2 aromatic rings. The number of ketones is 1. The number of alkyl halides is 2. The second-order valence-corrected chi connectivity index (χ2v) is 7.44. The number of Topliss-reactive ketones (excluding diaryl/α,β-unsaturated/α-hetero) is 1. The Bertz CT molecular complexity index is 800. The number of nitrogens with zero attached hydrogens (tertiary/aromatic N) is 1. The van der Waals surface area contributed by atoms with Crippen molar-refractivity contribution in [1.82, 2.24) is 4.90 Å². The van der Waals surface area contributed by atoms with E-state index < -0.39 is 6.61 Å². The molecule has 2 aromatic carbocycles. The van der Waals surface area contributed by atoms with Gasteiger partial charge in [-0.1, -0.05) is 42.5 Å². The van der Waals surface area contributed by atoms with Gasteiger partial charge in [0.1, 0.15) is 5.75 Å². The Balaban J connectivity index is 1.47. The van der Waals surface area contributed by atoms with Crippen LogP contribution in [0.3, 0.4) is 0 Å². The number of piperidine rings is 1. The fourth-order valence-electron chi connectivity index (χ4n) is 4.32. The Morgan fingerprint density at radius 1 is 1.07 bits per heavy atom. The maximum atomic E-state index is 13.0. The number of rotatable bonds is 6. The second kappa shape index (κ2) is 8.37. The number of carbonyl (C=O) groups excluding carboxylic acids is 1. The smallest absolute Gasteiger partial charge is 0.387 e. The van der Waals surface area contributed by atoms with E-state index in [-0.39, 0.29) is 29.5 Å². The van der Waals surface area contributed by atoms with E-state index in [0.29, 0.717) is 31.6 Å². The van der Waals surface area contributed by atoms with Gasteiger partial charge in [-0.3, -0.25) is 9.69 Å². The van der Waals surface area contributed by atoms with Crippen molar-refractivity contribution in [3.8, 4) is 5.75 Å². The van der Waals surface area contributed by atoms with Gasteiger partial charge in [-0.2, -0.15) is 8.78 Å². The lowest BCUT2D eigenvalue weighted by atomic mass is 9.80. The summed E-state index contributed by atoms with van der Waals surface area (Å²) >= 11 is 0. The van der Waals surface area contributed by atoms with Crippen LogP contribution in [0.25, 0.3) is 0 Å². The lowest BCUT2D eigenvalue weighted by Gasteiger charge is -2.48. The first-order valence-electron chi connectivity index (χ1n) is 9.56. The van der Waals surface area contributed by atoms with Gasteiger partial charge in [-0.15, -0.1) is 0 Å². The van der Waals surface area contributed by atoms with Crippen LogP contribution in [0.5, 0.6) is 5.75 Å². The molecule has 2 bridgehead atoms. The average Bonchev–Trinajstić information content (AvgIpc) is 2.68. The minimum Gasteiger partial charge on any atom is -0.435 e. The molecule has 2 aliphatic rings. The van der Waals surface area contributed by atoms with Crippen LogP contribution < -0.4 is 4.74 Å². The Hall–Kier alpha value is -2.31. The quantitative estimate of drug-likeness (QED) is 0.698. The lowest BCUT2D eigenvalue weighted by Crippen LogP contribution is -2.57. The van der Waals surface area contributed by atoms with Gasteiger partial charge in [0.25, 0.3) is 0 Å². The number of morpholine rings is 1. The highest BCUT2D eigenvalue weighted by Gasteiger charge is 2.41. The SMILES string of the molecule is O=C(c1cccc(OC(F)F)c1)C1CC2COCC(C1)N2Cc1ccccc1. The van der Waals surface area contributed by atoms with Crippen molar-refractivity contribution in [3.63, 3.8) is 0 Å². The fraction of sp³-hybridized carbons (Fsp3) is 0.409. The first kappa shape index (κ1) is 19.0. The molecule has 0 aromatic heterocycles. The van der Waals surface area contributed by atoms with Crippen LogP contribution in [0, 0.1) is 5.92 Å². The van der Waals surface area contributed by atoms with Gasteiger partial charge in [-0.05, 0) is 30.5 Å². The number of ether oxygens (including phenoxy) is 2. The summed E-state index contributed by atoms with van der Waals surface area (Å²) < 4.78 is 35.1. The van der Waals surface area contributed by atoms with Gasteiger partial charge in [-0.25, -0.2) is 0 Å². The lowest BCUT2D eigenvalue weighted by molar-refractivity contribution is -0.0873. The molecule has 2 fully saturated rings. The normalized spacial score (nSPS) is 24.9. The van der Waals surface area contributed by atoms with Crippen molar-refractivity contribution < 1.29 is 23.0 Å². The first-order chi connectivity index (χ1) is 13.6. The van der Waals surface area contributed by atoms with Gasteiger partial charge in [0.05, 0.1) is 13.2 Å². The molecule has 4 nitrogen and oxygen atoms in total. The molecule has 6 heteroatoms. The van der Waals surface area contributed by atoms with Crippen LogP contribution in [-0.4, -0.2) is 42.6 Å². The molecule has 0 amide bonds. The minimum absolute atomic E-state index is 0.00372. The Morgan fingerprint density at radius 2 is 1.79 bits per heavy atom. The third-order valence-electron chi connectivity index (χ3n) is 5.59. The van der Waals surface area contributed by atoms with Crippen molar-refractivity contribution in [2.45, 2.75) is 38.1 Å². The van der Waals surface area contributed by atoms with Crippen LogP contribution >= 0.6 is 0 Å². The third kappa shape index (κ3) is 4.23. The van der Waals surface area contributed by atoms with E-state index >= 15 is 0 Å². The molecule has 0 radical (unpaired) electrons. The van der Waals surface area contributed by atoms with Crippen LogP contribution in [0.2, 0.25) is 0 Å². The number of halogens is 2. The molecule has 2 unspecified atom stereocenters. The van der Waals surface area contributed by atoms with Gasteiger partial charge in [0.15, 0.2) is 5.78 Å². The second-order valence-electron chi connectivity index (χ2n) is 7.44. The highest BCUT2D eigenvalue weighted by molar-refractivity contribution is 5.98. The average molecular weight is 387 g/mol. The monoisotopic (exact) mass is 387 g/mol. The highest BCUT2D eigenvalue weighted by atomic mass is 19.3. The summed E-state index contributed by atoms with van der Waals surface area (Å²) in [5.74, 6) is -0.116. The zero-order valence-electron chi connectivity index (χ0n) is 15.5. The summed E-state index contributed by atoms with van der Waals surface area (Å²) in [6, 6.07) is 16.8. The van der Waals surface area contributed by atoms with E-state index in [4.69, 9.17) is 4.74 Å². The summed E-state index contributed by atoms with van der Waals surface area (Å²) in [5.41, 5.74) is 1.68. The van der Waals surface area contributed by atoms with Crippen LogP contribution in [-0.2, 0) is 11.3 Å². The summed E-state index contributed by atoms with van der Waals surface area (Å²) in [4.78, 5) is 15.5. The minimum atomic E-state index is -2.90. The third-order valence-corrected chi connectivity index (χ3v) is 5.59. The summed E-state index contributed by atoms with van der Waals surface area (Å²) in [5, 5.41) is 0. The molecule has 0 N–H and O–H groups in total. The number of hydrogen-bond acceptors (Lipinski definition) is 4. The molecule has 2 aliphatic heterocycles. The van der Waals surface area contributed by atoms with Crippen molar-refractivity contribution >= 4 is 5.78 Å². The molecular weight excluding hydrogens is 364 g/mol. The molecule has 0 spiro atoms. The van der Waals surface area contributed by atoms with Crippen molar-refractivity contribution in [1.29, 1.82) is 0 Å². The standard InChI is InChI=1S/C22H23F2NO3/c23-22(24)28-20-8-4-7-16(11-20)21(26)17-9-18-13-27-14-19(10-17)25(18)12-15-5-2-1-3-6-15/h1-8,11,17-19,22H,9-10,12-14H2. The van der Waals surface area contributed by atoms with Crippen molar-refractivity contribution in [2.24, 2.45) is 5.92 Å². The van der Waals surface area contributed by atoms with E-state index in [2.05, 4.69) is 21.8 Å². The number of hydrogen-bond donors (Lipinski definition) is 0. The maximum Gasteiger partial charge on any atom is 0.387 e. The first-order valence-corrected chi connectivity index (χ1v) is 9.56. The molecule has 148 valence electrons. The predicted octanol–water partition coefficient (Wildman–Crippen LogP) is 4.15. The van der Waals surface area contributed by atoms with E-state index in [1.807, 2.05) is 18.2 Å². The Morgan fingerprint density at radius 3 is 2.46 bits per heavy atom. The van der Waals surface area contributed by atoms with Gasteiger partial charge < -0.3 is 9.47 Å². The van der Waals surface area contributed by atoms with Crippen molar-refractivity contribution in [3.05, 3.63) is 65.7 Å². The van der Waals surface area contributed by atoms with Gasteiger partial charge in [0.2, 0.25) is 0 Å². The molecule has 0 aliphatic carbocycles. The fourth-order valence-corrected chi connectivity index (χ4v) is 4.32. The van der Waals surface area contributed by atoms with Crippen molar-refractivity contribution in [2.75, 3.05) is 13.2 Å². The number of benzene rings is 2. The molecule has 4 rings (SSSR count). The van der Waals surface area contributed by atoms with E-state index in [1.165, 1.54) is 17.7 Å². The van der Waals surface area contributed by atoms with Crippen LogP contribution in [0.4, 0.5) is 8.78 Å². The molecule has 2 saturated heterocycles. The zero-order chi connectivity index (χ0) is 19.5.